The van der Waals surface area contributed by atoms with Crippen molar-refractivity contribution in [2.45, 2.75) is 12.5 Å². The van der Waals surface area contributed by atoms with Gasteiger partial charge >= 0.3 is 5.97 Å². The molecule has 1 N–H and O–H groups in total. The molecule has 1 rings (SSSR count). The van der Waals surface area contributed by atoms with Crippen LogP contribution in [0.4, 0.5) is 0 Å². The van der Waals surface area contributed by atoms with Gasteiger partial charge in [-0.2, -0.15) is 0 Å². The Morgan fingerprint density at radius 1 is 1.38 bits per heavy atom. The second-order valence-electron chi connectivity index (χ2n) is 3.92. The number of aliphatic carboxylic acids is 1. The minimum atomic E-state index is -0.903. The highest BCUT2D eigenvalue weighted by atomic mass is 16.4. The monoisotopic (exact) mass is 219 g/mol. The Morgan fingerprint density at radius 3 is 2.50 bits per heavy atom. The number of hydrogen-bond donors (Lipinski definition) is 1. The van der Waals surface area contributed by atoms with E-state index in [1.807, 2.05) is 49.3 Å². The van der Waals surface area contributed by atoms with E-state index in [9.17, 15) is 4.79 Å². The van der Waals surface area contributed by atoms with Gasteiger partial charge in [0.25, 0.3) is 0 Å². The maximum atomic E-state index is 10.5. The molecule has 0 aromatic heterocycles. The van der Waals surface area contributed by atoms with E-state index in [0.29, 0.717) is 0 Å². The number of nitrogens with zero attached hydrogens (tertiary/aromatic N) is 1. The van der Waals surface area contributed by atoms with E-state index in [1.54, 1.807) is 6.08 Å². The van der Waals surface area contributed by atoms with Crippen LogP contribution in [0.5, 0.6) is 0 Å². The van der Waals surface area contributed by atoms with Gasteiger partial charge in [0.2, 0.25) is 0 Å². The molecule has 3 heteroatoms. The van der Waals surface area contributed by atoms with E-state index in [1.165, 1.54) is 11.6 Å². The zero-order chi connectivity index (χ0) is 12.0. The van der Waals surface area contributed by atoms with Gasteiger partial charge in [-0.1, -0.05) is 36.4 Å². The molecule has 1 aromatic carbocycles. The highest BCUT2D eigenvalue weighted by molar-refractivity contribution is 5.79. The predicted octanol–water partition coefficient (Wildman–Crippen LogP) is 1.80. The van der Waals surface area contributed by atoms with E-state index < -0.39 is 5.97 Å². The van der Waals surface area contributed by atoms with Crippen molar-refractivity contribution in [2.24, 2.45) is 0 Å². The molecule has 16 heavy (non-hydrogen) atoms. The number of carboxylic acid groups (broad SMARTS) is 1. The van der Waals surface area contributed by atoms with Gasteiger partial charge in [-0.05, 0) is 26.1 Å². The zero-order valence-electron chi connectivity index (χ0n) is 9.63. The first-order chi connectivity index (χ1) is 7.59. The third-order valence-corrected chi connectivity index (χ3v) is 2.41. The molecule has 0 bridgehead atoms. The number of rotatable bonds is 5. The first kappa shape index (κ1) is 12.5. The normalized spacial score (nSPS) is 13.2. The number of hydrogen-bond acceptors (Lipinski definition) is 2. The summed E-state index contributed by atoms with van der Waals surface area (Å²) in [4.78, 5) is 12.5. The molecule has 0 aliphatic carbocycles. The van der Waals surface area contributed by atoms with Crippen LogP contribution in [0.2, 0.25) is 0 Å². The summed E-state index contributed by atoms with van der Waals surface area (Å²) in [7, 11) is 3.89. The van der Waals surface area contributed by atoms with Gasteiger partial charge < -0.3 is 10.0 Å². The molecule has 0 radical (unpaired) electrons. The molecular weight excluding hydrogens is 202 g/mol. The van der Waals surface area contributed by atoms with Gasteiger partial charge in [-0.3, -0.25) is 0 Å². The molecule has 0 saturated heterocycles. The molecule has 86 valence electrons. The Hall–Kier alpha value is -1.61. The Morgan fingerprint density at radius 2 is 2.00 bits per heavy atom. The van der Waals surface area contributed by atoms with Gasteiger partial charge in [0.15, 0.2) is 0 Å². The molecule has 3 nitrogen and oxygen atoms in total. The van der Waals surface area contributed by atoms with Gasteiger partial charge in [0.05, 0.1) is 0 Å². The fourth-order valence-electron chi connectivity index (χ4n) is 1.47. The molecule has 0 heterocycles. The van der Waals surface area contributed by atoms with Crippen molar-refractivity contribution in [3.8, 4) is 0 Å². The molecule has 0 saturated carbocycles. The SMILES string of the molecule is CN(C)C(/C=C/C(=O)O)Cc1ccccc1. The quantitative estimate of drug-likeness (QED) is 0.768. The highest BCUT2D eigenvalue weighted by Gasteiger charge is 2.08. The summed E-state index contributed by atoms with van der Waals surface area (Å²) in [5.74, 6) is -0.903. The van der Waals surface area contributed by atoms with E-state index in [2.05, 4.69) is 0 Å². The molecule has 1 aromatic rings. The molecule has 1 unspecified atom stereocenters. The summed E-state index contributed by atoms with van der Waals surface area (Å²) >= 11 is 0. The van der Waals surface area contributed by atoms with Crippen molar-refractivity contribution in [1.82, 2.24) is 4.90 Å². The zero-order valence-corrected chi connectivity index (χ0v) is 9.63. The lowest BCUT2D eigenvalue weighted by molar-refractivity contribution is -0.131. The van der Waals surface area contributed by atoms with Crippen LogP contribution in [0, 0.1) is 0 Å². The van der Waals surface area contributed by atoms with Gasteiger partial charge in [-0.15, -0.1) is 0 Å². The molecule has 0 amide bonds. The summed E-state index contributed by atoms with van der Waals surface area (Å²) < 4.78 is 0. The average molecular weight is 219 g/mol. The Balaban J connectivity index is 2.69. The Bertz CT molecular complexity index is 357. The fourth-order valence-corrected chi connectivity index (χ4v) is 1.47. The van der Waals surface area contributed by atoms with Crippen molar-refractivity contribution in [1.29, 1.82) is 0 Å². The number of benzene rings is 1. The van der Waals surface area contributed by atoms with Crippen molar-refractivity contribution in [3.05, 3.63) is 48.0 Å². The van der Waals surface area contributed by atoms with Crippen LogP contribution in [0.3, 0.4) is 0 Å². The summed E-state index contributed by atoms with van der Waals surface area (Å²) in [5.41, 5.74) is 1.20. The molecule has 0 spiro atoms. The van der Waals surface area contributed by atoms with Crippen LogP contribution < -0.4 is 0 Å². The topological polar surface area (TPSA) is 40.5 Å². The van der Waals surface area contributed by atoms with E-state index in [0.717, 1.165) is 6.42 Å². The first-order valence-corrected chi connectivity index (χ1v) is 5.21. The first-order valence-electron chi connectivity index (χ1n) is 5.21. The minimum Gasteiger partial charge on any atom is -0.478 e. The van der Waals surface area contributed by atoms with Crippen molar-refractivity contribution in [2.75, 3.05) is 14.1 Å². The summed E-state index contributed by atoms with van der Waals surface area (Å²) in [5, 5.41) is 8.60. The molecule has 0 aliphatic heterocycles. The lowest BCUT2D eigenvalue weighted by atomic mass is 10.0. The summed E-state index contributed by atoms with van der Waals surface area (Å²) in [6, 6.07) is 10.2. The average Bonchev–Trinajstić information content (AvgIpc) is 2.25. The van der Waals surface area contributed by atoms with Crippen LogP contribution in [-0.2, 0) is 11.2 Å². The van der Waals surface area contributed by atoms with Crippen LogP contribution in [0.15, 0.2) is 42.5 Å². The van der Waals surface area contributed by atoms with E-state index in [4.69, 9.17) is 5.11 Å². The second-order valence-corrected chi connectivity index (χ2v) is 3.92. The lowest BCUT2D eigenvalue weighted by Gasteiger charge is -2.20. The third-order valence-electron chi connectivity index (χ3n) is 2.41. The van der Waals surface area contributed by atoms with E-state index in [-0.39, 0.29) is 6.04 Å². The molecular formula is C13H17NO2. The molecule has 0 aliphatic rings. The number of carboxylic acids is 1. The van der Waals surface area contributed by atoms with Crippen LogP contribution in [0.25, 0.3) is 0 Å². The summed E-state index contributed by atoms with van der Waals surface area (Å²) in [6.45, 7) is 0. The van der Waals surface area contributed by atoms with Gasteiger partial charge in [0.1, 0.15) is 0 Å². The third kappa shape index (κ3) is 4.28. The van der Waals surface area contributed by atoms with Crippen LogP contribution in [-0.4, -0.2) is 36.1 Å². The van der Waals surface area contributed by atoms with Crippen LogP contribution >= 0.6 is 0 Å². The maximum Gasteiger partial charge on any atom is 0.328 e. The minimum absolute atomic E-state index is 0.110. The Labute approximate surface area is 96.0 Å². The van der Waals surface area contributed by atoms with Gasteiger partial charge in [0, 0.05) is 12.1 Å². The lowest BCUT2D eigenvalue weighted by Crippen LogP contribution is -2.28. The van der Waals surface area contributed by atoms with Crippen LogP contribution in [0.1, 0.15) is 5.56 Å². The largest absolute Gasteiger partial charge is 0.478 e. The van der Waals surface area contributed by atoms with Crippen molar-refractivity contribution >= 4 is 5.97 Å². The van der Waals surface area contributed by atoms with Crippen molar-refractivity contribution < 1.29 is 9.90 Å². The smallest absolute Gasteiger partial charge is 0.328 e. The standard InChI is InChI=1S/C13H17NO2/c1-14(2)12(8-9-13(15)16)10-11-6-4-3-5-7-11/h3-9,12H,10H2,1-2H3,(H,15,16)/b9-8+. The number of carbonyl (C=O) groups is 1. The van der Waals surface area contributed by atoms with E-state index >= 15 is 0 Å². The second kappa shape index (κ2) is 6.08. The summed E-state index contributed by atoms with van der Waals surface area (Å²) in [6.07, 6.45) is 3.74. The highest BCUT2D eigenvalue weighted by Crippen LogP contribution is 2.07. The Kier molecular flexibility index (Phi) is 4.73. The molecule has 1 atom stereocenters. The fraction of sp³-hybridized carbons (Fsp3) is 0.308. The number of likely N-dealkylation sites (N-methyl/N-ethyl adjacent to an activating group) is 1. The van der Waals surface area contributed by atoms with Crippen molar-refractivity contribution in [3.63, 3.8) is 0 Å². The maximum absolute atomic E-state index is 10.5. The predicted molar refractivity (Wildman–Crippen MR) is 64.4 cm³/mol. The van der Waals surface area contributed by atoms with Gasteiger partial charge in [-0.25, -0.2) is 4.79 Å². The molecule has 0 fully saturated rings.